The van der Waals surface area contributed by atoms with Gasteiger partial charge in [-0.3, -0.25) is 4.79 Å². The maximum Gasteiger partial charge on any atom is 0.282 e. The van der Waals surface area contributed by atoms with E-state index >= 15 is 0 Å². The van der Waals surface area contributed by atoms with Crippen LogP contribution in [0.4, 0.5) is 0 Å². The molecule has 0 radical (unpaired) electrons. The molecular formula is C20H24N4O4S. The van der Waals surface area contributed by atoms with Crippen molar-refractivity contribution in [3.05, 3.63) is 59.5 Å². The van der Waals surface area contributed by atoms with Gasteiger partial charge in [-0.15, -0.1) is 0 Å². The fourth-order valence-electron chi connectivity index (χ4n) is 2.78. The van der Waals surface area contributed by atoms with Gasteiger partial charge in [0.2, 0.25) is 0 Å². The Labute approximate surface area is 170 Å². The van der Waals surface area contributed by atoms with Gasteiger partial charge in [-0.2, -0.15) is 22.3 Å². The third-order valence-corrected chi connectivity index (χ3v) is 6.54. The number of nitriles is 1. The van der Waals surface area contributed by atoms with Crippen LogP contribution >= 0.6 is 0 Å². The van der Waals surface area contributed by atoms with Crippen molar-refractivity contribution in [2.75, 3.05) is 13.6 Å². The minimum absolute atomic E-state index is 0.0656. The molecule has 1 aromatic carbocycles. The van der Waals surface area contributed by atoms with E-state index in [1.165, 1.54) is 17.6 Å². The van der Waals surface area contributed by atoms with Crippen molar-refractivity contribution in [1.29, 1.82) is 5.26 Å². The van der Waals surface area contributed by atoms with Crippen molar-refractivity contribution in [3.8, 4) is 6.07 Å². The highest BCUT2D eigenvalue weighted by atomic mass is 32.2. The molecule has 1 fully saturated rings. The van der Waals surface area contributed by atoms with Gasteiger partial charge in [0, 0.05) is 38.2 Å². The Kier molecular flexibility index (Phi) is 6.69. The van der Waals surface area contributed by atoms with Gasteiger partial charge in [0.25, 0.3) is 16.1 Å². The molecule has 29 heavy (non-hydrogen) atoms. The predicted octanol–water partition coefficient (Wildman–Crippen LogP) is 2.26. The summed E-state index contributed by atoms with van der Waals surface area (Å²) in [5, 5.41) is 11.7. The zero-order valence-corrected chi connectivity index (χ0v) is 17.1. The predicted molar refractivity (Wildman–Crippen MR) is 107 cm³/mol. The van der Waals surface area contributed by atoms with Gasteiger partial charge in [0.1, 0.15) is 5.76 Å². The molecule has 0 spiro atoms. The number of hydrogen-bond donors (Lipinski definition) is 1. The number of furan rings is 1. The van der Waals surface area contributed by atoms with Crippen molar-refractivity contribution in [3.63, 3.8) is 0 Å². The first kappa shape index (κ1) is 21.0. The lowest BCUT2D eigenvalue weighted by atomic mass is 10.1. The third-order valence-electron chi connectivity index (χ3n) is 4.66. The average molecular weight is 417 g/mol. The molecule has 1 N–H and O–H groups in total. The molecule has 0 atom stereocenters. The fourth-order valence-corrected chi connectivity index (χ4v) is 4.10. The first-order valence-electron chi connectivity index (χ1n) is 9.40. The van der Waals surface area contributed by atoms with E-state index in [9.17, 15) is 13.2 Å². The lowest BCUT2D eigenvalue weighted by molar-refractivity contribution is 0.0951. The minimum atomic E-state index is -3.81. The Morgan fingerprint density at radius 1 is 1.24 bits per heavy atom. The summed E-state index contributed by atoms with van der Waals surface area (Å²) in [6.07, 6.45) is 3.63. The number of carbonyl (C=O) groups excluding carboxylic acids is 1. The van der Waals surface area contributed by atoms with Crippen molar-refractivity contribution >= 4 is 16.1 Å². The van der Waals surface area contributed by atoms with Gasteiger partial charge in [-0.25, -0.2) is 0 Å². The molecule has 1 aromatic heterocycles. The smallest absolute Gasteiger partial charge is 0.282 e. The molecular weight excluding hydrogens is 392 g/mol. The molecule has 0 bridgehead atoms. The van der Waals surface area contributed by atoms with E-state index in [0.717, 1.165) is 22.7 Å². The second-order valence-corrected chi connectivity index (χ2v) is 9.06. The lowest BCUT2D eigenvalue weighted by Gasteiger charge is -2.26. The number of rotatable bonds is 10. The zero-order valence-electron chi connectivity index (χ0n) is 16.2. The van der Waals surface area contributed by atoms with E-state index in [4.69, 9.17) is 9.68 Å². The van der Waals surface area contributed by atoms with Crippen LogP contribution in [0.2, 0.25) is 0 Å². The molecule has 1 amide bonds. The summed E-state index contributed by atoms with van der Waals surface area (Å²) in [5.41, 5.74) is 1.30. The lowest BCUT2D eigenvalue weighted by Crippen LogP contribution is -2.41. The summed E-state index contributed by atoms with van der Waals surface area (Å²) in [7, 11) is -2.35. The van der Waals surface area contributed by atoms with Crippen LogP contribution in [-0.2, 0) is 23.3 Å². The molecule has 0 saturated heterocycles. The molecule has 154 valence electrons. The van der Waals surface area contributed by atoms with E-state index in [2.05, 4.69) is 5.32 Å². The summed E-state index contributed by atoms with van der Waals surface area (Å²) in [6, 6.07) is 12.5. The Balaban J connectivity index is 1.75. The topological polar surface area (TPSA) is 107 Å². The largest absolute Gasteiger partial charge is 0.468 e. The van der Waals surface area contributed by atoms with Crippen LogP contribution in [0.5, 0.6) is 0 Å². The van der Waals surface area contributed by atoms with Gasteiger partial charge >= 0.3 is 0 Å². The summed E-state index contributed by atoms with van der Waals surface area (Å²) >= 11 is 0. The standard InChI is InChI=1S/C20H24N4O4S/c1-23(12-3-11-21)29(26,27)24(15-19-4-2-13-28-19)14-16-5-7-17(8-6-16)20(25)22-18-9-10-18/h2,4-8,13,18H,3,9-10,12,14-15H2,1H3,(H,22,25). The quantitative estimate of drug-likeness (QED) is 0.639. The highest BCUT2D eigenvalue weighted by Gasteiger charge is 2.28. The van der Waals surface area contributed by atoms with Crippen LogP contribution in [0.3, 0.4) is 0 Å². The van der Waals surface area contributed by atoms with Crippen LogP contribution < -0.4 is 5.32 Å². The van der Waals surface area contributed by atoms with E-state index in [0.29, 0.717) is 11.3 Å². The summed E-state index contributed by atoms with van der Waals surface area (Å²) in [4.78, 5) is 12.1. The van der Waals surface area contributed by atoms with Crippen LogP contribution in [0.1, 0.15) is 40.9 Å². The second kappa shape index (κ2) is 9.22. The SMILES string of the molecule is CN(CCC#N)S(=O)(=O)N(Cc1ccc(C(=O)NC2CC2)cc1)Cc1ccco1. The van der Waals surface area contributed by atoms with Crippen LogP contribution in [0, 0.1) is 11.3 Å². The minimum Gasteiger partial charge on any atom is -0.468 e. The van der Waals surface area contributed by atoms with Gasteiger partial charge in [0.05, 0.1) is 18.9 Å². The summed E-state index contributed by atoms with van der Waals surface area (Å²) in [6.45, 7) is 0.286. The van der Waals surface area contributed by atoms with E-state index in [-0.39, 0.29) is 38.0 Å². The maximum atomic E-state index is 13.0. The number of nitrogens with one attached hydrogen (secondary N) is 1. The maximum absolute atomic E-state index is 13.0. The molecule has 9 heteroatoms. The van der Waals surface area contributed by atoms with Crippen molar-refractivity contribution < 1.29 is 17.6 Å². The van der Waals surface area contributed by atoms with E-state index in [1.54, 1.807) is 36.4 Å². The number of nitrogens with zero attached hydrogens (tertiary/aromatic N) is 3. The zero-order chi connectivity index (χ0) is 20.9. The molecule has 1 aliphatic rings. The first-order valence-corrected chi connectivity index (χ1v) is 10.8. The summed E-state index contributed by atoms with van der Waals surface area (Å²) < 4.78 is 33.8. The fraction of sp³-hybridized carbons (Fsp3) is 0.400. The third kappa shape index (κ3) is 5.67. The van der Waals surface area contributed by atoms with Crippen LogP contribution in [0.15, 0.2) is 47.1 Å². The number of carbonyl (C=O) groups is 1. The van der Waals surface area contributed by atoms with Gasteiger partial charge in [0.15, 0.2) is 0 Å². The number of amides is 1. The number of hydrogen-bond acceptors (Lipinski definition) is 5. The Morgan fingerprint density at radius 3 is 2.55 bits per heavy atom. The van der Waals surface area contributed by atoms with Crippen LogP contribution in [-0.4, -0.2) is 42.6 Å². The highest BCUT2D eigenvalue weighted by molar-refractivity contribution is 7.86. The molecule has 8 nitrogen and oxygen atoms in total. The van der Waals surface area contributed by atoms with Crippen molar-refractivity contribution in [2.24, 2.45) is 0 Å². The van der Waals surface area contributed by atoms with Crippen molar-refractivity contribution in [2.45, 2.75) is 38.4 Å². The van der Waals surface area contributed by atoms with Gasteiger partial charge in [-0.1, -0.05) is 12.1 Å². The molecule has 1 saturated carbocycles. The Hall–Kier alpha value is -2.67. The molecule has 0 aliphatic heterocycles. The average Bonchev–Trinajstić information content (AvgIpc) is 3.37. The monoisotopic (exact) mass is 416 g/mol. The molecule has 2 aromatic rings. The molecule has 1 heterocycles. The summed E-state index contributed by atoms with van der Waals surface area (Å²) in [5.74, 6) is 0.401. The first-order chi connectivity index (χ1) is 13.9. The van der Waals surface area contributed by atoms with Gasteiger partial charge in [-0.05, 0) is 42.7 Å². The second-order valence-electron chi connectivity index (χ2n) is 7.03. The normalized spacial score (nSPS) is 14.1. The highest BCUT2D eigenvalue weighted by Crippen LogP contribution is 2.20. The van der Waals surface area contributed by atoms with E-state index < -0.39 is 10.2 Å². The van der Waals surface area contributed by atoms with Crippen molar-refractivity contribution in [1.82, 2.24) is 13.9 Å². The number of benzene rings is 1. The molecule has 1 aliphatic carbocycles. The van der Waals surface area contributed by atoms with Crippen LogP contribution in [0.25, 0.3) is 0 Å². The van der Waals surface area contributed by atoms with Gasteiger partial charge < -0.3 is 9.73 Å². The molecule has 3 rings (SSSR count). The van der Waals surface area contributed by atoms with E-state index in [1.807, 2.05) is 6.07 Å². The Morgan fingerprint density at radius 2 is 1.97 bits per heavy atom. The molecule has 0 unspecified atom stereocenters. The Bertz CT molecular complexity index is 961.